The minimum Gasteiger partial charge on any atom is -0.444 e. The lowest BCUT2D eigenvalue weighted by Crippen LogP contribution is -2.33. The summed E-state index contributed by atoms with van der Waals surface area (Å²) in [6, 6.07) is 5.96. The molecule has 0 saturated carbocycles. The minimum atomic E-state index is -0.487. The SMILES string of the molecule is CC(c1ccccn1)n1cncc1CCNC(=O)OC(C)(C)C. The van der Waals surface area contributed by atoms with Crippen molar-refractivity contribution in [1.29, 1.82) is 0 Å². The van der Waals surface area contributed by atoms with Crippen LogP contribution in [-0.4, -0.2) is 32.8 Å². The molecule has 1 atom stereocenters. The van der Waals surface area contributed by atoms with Crippen LogP contribution in [0.3, 0.4) is 0 Å². The maximum Gasteiger partial charge on any atom is 0.407 e. The number of rotatable bonds is 5. The Kier molecular flexibility index (Phi) is 5.36. The quantitative estimate of drug-likeness (QED) is 0.921. The number of hydrogen-bond donors (Lipinski definition) is 1. The van der Waals surface area contributed by atoms with Gasteiger partial charge in [-0.05, 0) is 39.8 Å². The molecule has 2 heterocycles. The predicted octanol–water partition coefficient (Wildman–Crippen LogP) is 2.95. The topological polar surface area (TPSA) is 69.0 Å². The van der Waals surface area contributed by atoms with E-state index in [0.717, 1.165) is 11.4 Å². The zero-order chi connectivity index (χ0) is 16.9. The lowest BCUT2D eigenvalue weighted by atomic mass is 10.2. The molecule has 0 saturated heterocycles. The van der Waals surface area contributed by atoms with Crippen LogP contribution in [0.1, 0.15) is 45.1 Å². The molecule has 0 aliphatic heterocycles. The zero-order valence-electron chi connectivity index (χ0n) is 14.1. The monoisotopic (exact) mass is 316 g/mol. The van der Waals surface area contributed by atoms with E-state index in [1.807, 2.05) is 45.2 Å². The van der Waals surface area contributed by atoms with Crippen molar-refractivity contribution in [2.45, 2.75) is 45.8 Å². The van der Waals surface area contributed by atoms with Gasteiger partial charge in [-0.3, -0.25) is 4.98 Å². The van der Waals surface area contributed by atoms with Crippen molar-refractivity contribution in [3.8, 4) is 0 Å². The second kappa shape index (κ2) is 7.26. The van der Waals surface area contributed by atoms with Gasteiger partial charge in [-0.15, -0.1) is 0 Å². The molecule has 0 spiro atoms. The average Bonchev–Trinajstić information content (AvgIpc) is 2.94. The van der Waals surface area contributed by atoms with Gasteiger partial charge in [0.1, 0.15) is 5.60 Å². The molecular weight excluding hydrogens is 292 g/mol. The first-order chi connectivity index (χ1) is 10.9. The smallest absolute Gasteiger partial charge is 0.407 e. The Hall–Kier alpha value is -2.37. The van der Waals surface area contributed by atoms with Crippen LogP contribution in [0.5, 0.6) is 0 Å². The second-order valence-electron chi connectivity index (χ2n) is 6.40. The molecule has 124 valence electrons. The Bertz CT molecular complexity index is 632. The average molecular weight is 316 g/mol. The molecule has 6 heteroatoms. The highest BCUT2D eigenvalue weighted by atomic mass is 16.6. The summed E-state index contributed by atoms with van der Waals surface area (Å²) in [5.41, 5.74) is 1.53. The highest BCUT2D eigenvalue weighted by Crippen LogP contribution is 2.17. The number of hydrogen-bond acceptors (Lipinski definition) is 4. The number of carbonyl (C=O) groups is 1. The third-order valence-corrected chi connectivity index (χ3v) is 3.33. The van der Waals surface area contributed by atoms with Gasteiger partial charge in [-0.1, -0.05) is 6.07 Å². The summed E-state index contributed by atoms with van der Waals surface area (Å²) in [7, 11) is 0. The molecule has 0 fully saturated rings. The van der Waals surface area contributed by atoms with Crippen LogP contribution in [0.25, 0.3) is 0 Å². The van der Waals surface area contributed by atoms with Gasteiger partial charge in [0.25, 0.3) is 0 Å². The summed E-state index contributed by atoms with van der Waals surface area (Å²) in [6.07, 6.45) is 5.67. The molecule has 23 heavy (non-hydrogen) atoms. The third kappa shape index (κ3) is 5.09. The molecule has 2 aromatic heterocycles. The number of aromatic nitrogens is 3. The van der Waals surface area contributed by atoms with Gasteiger partial charge in [0.2, 0.25) is 0 Å². The van der Waals surface area contributed by atoms with Crippen molar-refractivity contribution < 1.29 is 9.53 Å². The molecular formula is C17H24N4O2. The lowest BCUT2D eigenvalue weighted by Gasteiger charge is -2.20. The Morgan fingerprint density at radius 1 is 1.39 bits per heavy atom. The van der Waals surface area contributed by atoms with Crippen molar-refractivity contribution >= 4 is 6.09 Å². The van der Waals surface area contributed by atoms with Gasteiger partial charge in [-0.2, -0.15) is 0 Å². The van der Waals surface area contributed by atoms with Crippen LogP contribution in [0.4, 0.5) is 4.79 Å². The van der Waals surface area contributed by atoms with Gasteiger partial charge in [0.15, 0.2) is 0 Å². The van der Waals surface area contributed by atoms with Crippen molar-refractivity contribution in [1.82, 2.24) is 19.9 Å². The molecule has 1 unspecified atom stereocenters. The maximum absolute atomic E-state index is 11.7. The van der Waals surface area contributed by atoms with Crippen LogP contribution in [-0.2, 0) is 11.2 Å². The second-order valence-corrected chi connectivity index (χ2v) is 6.40. The molecule has 0 aromatic carbocycles. The Balaban J connectivity index is 1.93. The van der Waals surface area contributed by atoms with E-state index in [4.69, 9.17) is 4.74 Å². The zero-order valence-corrected chi connectivity index (χ0v) is 14.1. The van der Waals surface area contributed by atoms with Gasteiger partial charge in [0.05, 0.1) is 18.1 Å². The van der Waals surface area contributed by atoms with Crippen molar-refractivity contribution in [3.63, 3.8) is 0 Å². The highest BCUT2D eigenvalue weighted by molar-refractivity contribution is 5.67. The summed E-state index contributed by atoms with van der Waals surface area (Å²) in [5.74, 6) is 0. The Labute approximate surface area is 136 Å². The lowest BCUT2D eigenvalue weighted by molar-refractivity contribution is 0.0528. The molecule has 1 N–H and O–H groups in total. The number of pyridine rings is 1. The van der Waals surface area contributed by atoms with Crippen molar-refractivity contribution in [2.75, 3.05) is 6.54 Å². The molecule has 1 amide bonds. The van der Waals surface area contributed by atoms with Gasteiger partial charge >= 0.3 is 6.09 Å². The summed E-state index contributed by atoms with van der Waals surface area (Å²) in [6.45, 7) is 8.10. The first kappa shape index (κ1) is 17.0. The number of nitrogens with zero attached hydrogens (tertiary/aromatic N) is 3. The number of carbonyl (C=O) groups excluding carboxylic acids is 1. The molecule has 2 aromatic rings. The largest absolute Gasteiger partial charge is 0.444 e. The first-order valence-electron chi connectivity index (χ1n) is 7.75. The van der Waals surface area contributed by atoms with E-state index >= 15 is 0 Å². The number of amides is 1. The van der Waals surface area contributed by atoms with E-state index in [1.54, 1.807) is 12.5 Å². The molecule has 0 aliphatic rings. The van der Waals surface area contributed by atoms with E-state index < -0.39 is 11.7 Å². The fourth-order valence-corrected chi connectivity index (χ4v) is 2.25. The molecule has 0 aliphatic carbocycles. The van der Waals surface area contributed by atoms with Gasteiger partial charge in [-0.25, -0.2) is 9.78 Å². The van der Waals surface area contributed by atoms with Crippen molar-refractivity contribution in [3.05, 3.63) is 48.3 Å². The maximum atomic E-state index is 11.7. The molecule has 0 radical (unpaired) electrons. The predicted molar refractivity (Wildman–Crippen MR) is 88.2 cm³/mol. The molecule has 6 nitrogen and oxygen atoms in total. The van der Waals surface area contributed by atoms with E-state index in [2.05, 4.69) is 26.8 Å². The van der Waals surface area contributed by atoms with Crippen LogP contribution in [0.2, 0.25) is 0 Å². The van der Waals surface area contributed by atoms with Crippen LogP contribution < -0.4 is 5.32 Å². The number of nitrogens with one attached hydrogen (secondary N) is 1. The number of ether oxygens (including phenoxy) is 1. The fourth-order valence-electron chi connectivity index (χ4n) is 2.25. The standard InChI is InChI=1S/C17H24N4O2/c1-13(15-7-5-6-9-19-15)21-12-18-11-14(21)8-10-20-16(22)23-17(2,3)4/h5-7,9,11-13H,8,10H2,1-4H3,(H,20,22). The summed E-state index contributed by atoms with van der Waals surface area (Å²) in [4.78, 5) is 20.3. The summed E-state index contributed by atoms with van der Waals surface area (Å²) in [5, 5.41) is 2.77. The van der Waals surface area contributed by atoms with Crippen LogP contribution in [0.15, 0.2) is 36.9 Å². The Morgan fingerprint density at radius 3 is 2.83 bits per heavy atom. The third-order valence-electron chi connectivity index (χ3n) is 3.33. The van der Waals surface area contributed by atoms with Gasteiger partial charge in [0, 0.05) is 31.1 Å². The fraction of sp³-hybridized carbons (Fsp3) is 0.471. The Morgan fingerprint density at radius 2 is 2.17 bits per heavy atom. The summed E-state index contributed by atoms with van der Waals surface area (Å²) >= 11 is 0. The number of alkyl carbamates (subject to hydrolysis) is 1. The van der Waals surface area contributed by atoms with E-state index in [0.29, 0.717) is 13.0 Å². The normalized spacial score (nSPS) is 12.7. The van der Waals surface area contributed by atoms with E-state index in [-0.39, 0.29) is 6.04 Å². The highest BCUT2D eigenvalue weighted by Gasteiger charge is 2.16. The van der Waals surface area contributed by atoms with E-state index in [9.17, 15) is 4.79 Å². The van der Waals surface area contributed by atoms with E-state index in [1.165, 1.54) is 0 Å². The van der Waals surface area contributed by atoms with Crippen LogP contribution in [0, 0.1) is 0 Å². The van der Waals surface area contributed by atoms with Crippen LogP contribution >= 0.6 is 0 Å². The van der Waals surface area contributed by atoms with Gasteiger partial charge < -0.3 is 14.6 Å². The number of imidazole rings is 1. The first-order valence-corrected chi connectivity index (χ1v) is 7.75. The molecule has 2 rings (SSSR count). The minimum absolute atomic E-state index is 0.0928. The summed E-state index contributed by atoms with van der Waals surface area (Å²) < 4.78 is 7.29. The molecule has 0 bridgehead atoms. The van der Waals surface area contributed by atoms with Crippen molar-refractivity contribution in [2.24, 2.45) is 0 Å².